The van der Waals surface area contributed by atoms with Gasteiger partial charge >= 0.3 is 0 Å². The predicted molar refractivity (Wildman–Crippen MR) is 99.9 cm³/mol. The zero-order valence-corrected chi connectivity index (χ0v) is 14.9. The van der Waals surface area contributed by atoms with Gasteiger partial charge in [0, 0.05) is 42.3 Å². The summed E-state index contributed by atoms with van der Waals surface area (Å²) in [5, 5.41) is 0. The van der Waals surface area contributed by atoms with Crippen LogP contribution in [-0.2, 0) is 6.42 Å². The molecular formula is C20H21NO3S. The second-order valence-electron chi connectivity index (χ2n) is 6.26. The molecular weight excluding hydrogens is 334 g/mol. The number of hydrogen-bond donors (Lipinski definition) is 0. The van der Waals surface area contributed by atoms with E-state index in [9.17, 15) is 4.79 Å². The number of carbonyl (C=O) groups is 1. The summed E-state index contributed by atoms with van der Waals surface area (Å²) in [6, 6.07) is 13.3. The number of nitrogens with zero attached hydrogens (tertiary/aromatic N) is 1. The summed E-state index contributed by atoms with van der Waals surface area (Å²) in [6.45, 7) is 3.51. The maximum absolute atomic E-state index is 13.0. The van der Waals surface area contributed by atoms with Crippen molar-refractivity contribution in [3.05, 3.63) is 59.2 Å². The van der Waals surface area contributed by atoms with Gasteiger partial charge in [0.15, 0.2) is 17.3 Å². The number of thioether (sulfide) groups is 1. The Bertz CT molecular complexity index is 771. The van der Waals surface area contributed by atoms with Gasteiger partial charge in [0.25, 0.3) is 0 Å². The highest BCUT2D eigenvalue weighted by molar-refractivity contribution is 7.99. The molecule has 1 fully saturated rings. The highest BCUT2D eigenvalue weighted by atomic mass is 32.2. The lowest BCUT2D eigenvalue weighted by molar-refractivity contribution is 0.103. The van der Waals surface area contributed by atoms with E-state index in [2.05, 4.69) is 11.0 Å². The first-order valence-corrected chi connectivity index (χ1v) is 9.79. The molecule has 0 N–H and O–H groups in total. The second-order valence-corrected chi connectivity index (χ2v) is 7.48. The zero-order chi connectivity index (χ0) is 17.1. The van der Waals surface area contributed by atoms with Gasteiger partial charge in [-0.25, -0.2) is 0 Å². The van der Waals surface area contributed by atoms with E-state index in [1.54, 1.807) is 6.07 Å². The fraction of sp³-hybridized carbons (Fsp3) is 0.350. The van der Waals surface area contributed by atoms with Gasteiger partial charge in [0.05, 0.1) is 0 Å². The third kappa shape index (κ3) is 3.67. The minimum absolute atomic E-state index is 0.0445. The first-order chi connectivity index (χ1) is 12.3. The summed E-state index contributed by atoms with van der Waals surface area (Å²) in [7, 11) is 0. The van der Waals surface area contributed by atoms with Crippen LogP contribution in [0.5, 0.6) is 11.5 Å². The lowest BCUT2D eigenvalue weighted by atomic mass is 9.96. The molecule has 0 aromatic heterocycles. The molecule has 0 unspecified atom stereocenters. The van der Waals surface area contributed by atoms with Gasteiger partial charge in [-0.1, -0.05) is 24.3 Å². The maximum Gasteiger partial charge on any atom is 0.231 e. The average Bonchev–Trinajstić information content (AvgIpc) is 3.14. The number of hydrogen-bond acceptors (Lipinski definition) is 5. The summed E-state index contributed by atoms with van der Waals surface area (Å²) in [4.78, 5) is 15.5. The van der Waals surface area contributed by atoms with E-state index in [0.717, 1.165) is 37.2 Å². The first kappa shape index (κ1) is 16.5. The molecule has 0 saturated carbocycles. The fourth-order valence-electron chi connectivity index (χ4n) is 3.26. The van der Waals surface area contributed by atoms with E-state index in [1.165, 1.54) is 11.5 Å². The predicted octanol–water partition coefficient (Wildman–Crippen LogP) is 3.24. The molecule has 2 heterocycles. The van der Waals surface area contributed by atoms with Crippen LogP contribution < -0.4 is 9.47 Å². The summed E-state index contributed by atoms with van der Waals surface area (Å²) in [5.74, 6) is 3.81. The molecule has 2 aliphatic heterocycles. The largest absolute Gasteiger partial charge is 0.454 e. The van der Waals surface area contributed by atoms with Gasteiger partial charge < -0.3 is 14.4 Å². The van der Waals surface area contributed by atoms with Crippen LogP contribution in [0.3, 0.4) is 0 Å². The fourth-order valence-corrected chi connectivity index (χ4v) is 4.24. The van der Waals surface area contributed by atoms with Crippen LogP contribution in [0.4, 0.5) is 0 Å². The Morgan fingerprint density at radius 3 is 2.72 bits per heavy atom. The standard InChI is InChI=1S/C20H21NO3S/c22-20(16-5-6-18-19(13-16)24-14-23-18)17-4-2-1-3-15(17)7-8-21-9-11-25-12-10-21/h1-6,13H,7-12,14H2. The number of benzene rings is 2. The van der Waals surface area contributed by atoms with Crippen molar-refractivity contribution in [1.29, 1.82) is 0 Å². The van der Waals surface area contributed by atoms with Gasteiger partial charge in [-0.05, 0) is 30.2 Å². The van der Waals surface area contributed by atoms with Crippen LogP contribution in [0.1, 0.15) is 21.5 Å². The van der Waals surface area contributed by atoms with Crippen molar-refractivity contribution in [2.75, 3.05) is 37.9 Å². The van der Waals surface area contributed by atoms with E-state index >= 15 is 0 Å². The van der Waals surface area contributed by atoms with Gasteiger partial charge in [0.2, 0.25) is 6.79 Å². The Balaban J connectivity index is 1.52. The minimum atomic E-state index is 0.0445. The van der Waals surface area contributed by atoms with Gasteiger partial charge in [-0.3, -0.25) is 4.79 Å². The minimum Gasteiger partial charge on any atom is -0.454 e. The molecule has 0 atom stereocenters. The van der Waals surface area contributed by atoms with Crippen molar-refractivity contribution in [2.24, 2.45) is 0 Å². The van der Waals surface area contributed by atoms with Crippen molar-refractivity contribution < 1.29 is 14.3 Å². The monoisotopic (exact) mass is 355 g/mol. The summed E-state index contributed by atoms with van der Waals surface area (Å²) in [5.41, 5.74) is 2.54. The molecule has 1 saturated heterocycles. The van der Waals surface area contributed by atoms with Gasteiger partial charge in [-0.15, -0.1) is 0 Å². The smallest absolute Gasteiger partial charge is 0.231 e. The molecule has 2 aromatic carbocycles. The van der Waals surface area contributed by atoms with E-state index in [1.807, 2.05) is 42.1 Å². The number of rotatable bonds is 5. The Morgan fingerprint density at radius 2 is 1.84 bits per heavy atom. The number of ether oxygens (including phenoxy) is 2. The molecule has 5 heteroatoms. The quantitative estimate of drug-likeness (QED) is 0.770. The lowest BCUT2D eigenvalue weighted by Crippen LogP contribution is -2.34. The highest BCUT2D eigenvalue weighted by Gasteiger charge is 2.19. The summed E-state index contributed by atoms with van der Waals surface area (Å²) >= 11 is 2.02. The summed E-state index contributed by atoms with van der Waals surface area (Å²) < 4.78 is 10.7. The van der Waals surface area contributed by atoms with Crippen molar-refractivity contribution in [1.82, 2.24) is 4.90 Å². The van der Waals surface area contributed by atoms with Crippen LogP contribution in [0.25, 0.3) is 0 Å². The van der Waals surface area contributed by atoms with E-state index in [0.29, 0.717) is 17.1 Å². The van der Waals surface area contributed by atoms with E-state index in [-0.39, 0.29) is 12.6 Å². The SMILES string of the molecule is O=C(c1ccc2c(c1)OCO2)c1ccccc1CCN1CCSCC1. The van der Waals surface area contributed by atoms with Crippen LogP contribution in [0, 0.1) is 0 Å². The molecule has 0 bridgehead atoms. The first-order valence-electron chi connectivity index (χ1n) is 8.63. The Kier molecular flexibility index (Phi) is 4.95. The van der Waals surface area contributed by atoms with Crippen LogP contribution in [-0.4, -0.2) is 48.6 Å². The van der Waals surface area contributed by atoms with E-state index < -0.39 is 0 Å². The molecule has 25 heavy (non-hydrogen) atoms. The molecule has 0 aliphatic carbocycles. The van der Waals surface area contributed by atoms with Crippen molar-refractivity contribution in [3.63, 3.8) is 0 Å². The van der Waals surface area contributed by atoms with Crippen LogP contribution >= 0.6 is 11.8 Å². The van der Waals surface area contributed by atoms with Crippen molar-refractivity contribution in [3.8, 4) is 11.5 Å². The molecule has 2 aromatic rings. The third-order valence-electron chi connectivity index (χ3n) is 4.70. The van der Waals surface area contributed by atoms with E-state index in [4.69, 9.17) is 9.47 Å². The maximum atomic E-state index is 13.0. The highest BCUT2D eigenvalue weighted by Crippen LogP contribution is 2.33. The number of carbonyl (C=O) groups excluding carboxylic acids is 1. The third-order valence-corrected chi connectivity index (χ3v) is 5.64. The van der Waals surface area contributed by atoms with Crippen molar-refractivity contribution in [2.45, 2.75) is 6.42 Å². The molecule has 2 aliphatic rings. The van der Waals surface area contributed by atoms with Crippen LogP contribution in [0.2, 0.25) is 0 Å². The molecule has 0 spiro atoms. The molecule has 0 amide bonds. The average molecular weight is 355 g/mol. The summed E-state index contributed by atoms with van der Waals surface area (Å²) in [6.07, 6.45) is 0.900. The van der Waals surface area contributed by atoms with Gasteiger partial charge in [-0.2, -0.15) is 11.8 Å². The second kappa shape index (κ2) is 7.50. The Labute approximate surface area is 152 Å². The molecule has 130 valence electrons. The Morgan fingerprint density at radius 1 is 1.04 bits per heavy atom. The number of fused-ring (bicyclic) bond motifs is 1. The van der Waals surface area contributed by atoms with Crippen molar-refractivity contribution >= 4 is 17.5 Å². The molecule has 0 radical (unpaired) electrons. The lowest BCUT2D eigenvalue weighted by Gasteiger charge is -2.26. The Hall–Kier alpha value is -1.98. The topological polar surface area (TPSA) is 38.8 Å². The molecule has 4 nitrogen and oxygen atoms in total. The zero-order valence-electron chi connectivity index (χ0n) is 14.1. The normalized spacial score (nSPS) is 16.8. The van der Waals surface area contributed by atoms with Gasteiger partial charge in [0.1, 0.15) is 0 Å². The molecule has 4 rings (SSSR count). The number of ketones is 1. The van der Waals surface area contributed by atoms with Crippen LogP contribution in [0.15, 0.2) is 42.5 Å².